The summed E-state index contributed by atoms with van der Waals surface area (Å²) in [5.74, 6) is 0.517. The monoisotopic (exact) mass is 295 g/mol. The van der Waals surface area contributed by atoms with Gasteiger partial charge in [0, 0.05) is 13.2 Å². The third-order valence-corrected chi connectivity index (χ3v) is 4.18. The molecule has 1 heterocycles. The molecule has 0 spiro atoms. The van der Waals surface area contributed by atoms with Crippen molar-refractivity contribution < 1.29 is 13.2 Å². The van der Waals surface area contributed by atoms with Crippen LogP contribution in [0.25, 0.3) is 0 Å². The SMILES string of the molecule is COc1c(C)cc(C)cc1NS(=O)(=O)c1cnn(C)c1. The first-order chi connectivity index (χ1) is 9.33. The Kier molecular flexibility index (Phi) is 3.71. The number of sulfonamides is 1. The molecule has 0 bridgehead atoms. The third kappa shape index (κ3) is 2.77. The van der Waals surface area contributed by atoms with Gasteiger partial charge in [0.1, 0.15) is 10.6 Å². The van der Waals surface area contributed by atoms with E-state index in [1.807, 2.05) is 19.9 Å². The molecule has 2 aromatic rings. The number of aromatic nitrogens is 2. The lowest BCUT2D eigenvalue weighted by atomic mass is 10.1. The Morgan fingerprint density at radius 3 is 2.55 bits per heavy atom. The average molecular weight is 295 g/mol. The van der Waals surface area contributed by atoms with Gasteiger partial charge in [-0.05, 0) is 31.0 Å². The fourth-order valence-corrected chi connectivity index (χ4v) is 3.08. The first-order valence-corrected chi connectivity index (χ1v) is 7.48. The maximum Gasteiger partial charge on any atom is 0.265 e. The minimum atomic E-state index is -3.67. The van der Waals surface area contributed by atoms with Gasteiger partial charge in [0.05, 0.1) is 19.0 Å². The topological polar surface area (TPSA) is 73.2 Å². The van der Waals surface area contributed by atoms with Crippen LogP contribution >= 0.6 is 0 Å². The molecular formula is C13H17N3O3S. The largest absolute Gasteiger partial charge is 0.494 e. The van der Waals surface area contributed by atoms with E-state index >= 15 is 0 Å². The maximum atomic E-state index is 12.3. The summed E-state index contributed by atoms with van der Waals surface area (Å²) >= 11 is 0. The van der Waals surface area contributed by atoms with Crippen LogP contribution in [0, 0.1) is 13.8 Å². The molecule has 20 heavy (non-hydrogen) atoms. The zero-order chi connectivity index (χ0) is 14.9. The summed E-state index contributed by atoms with van der Waals surface area (Å²) in [5, 5.41) is 3.87. The molecule has 0 saturated carbocycles. The van der Waals surface area contributed by atoms with Gasteiger partial charge >= 0.3 is 0 Å². The third-order valence-electron chi connectivity index (χ3n) is 2.86. The van der Waals surface area contributed by atoms with E-state index < -0.39 is 10.0 Å². The van der Waals surface area contributed by atoms with E-state index in [-0.39, 0.29) is 4.90 Å². The van der Waals surface area contributed by atoms with Crippen LogP contribution < -0.4 is 9.46 Å². The molecule has 7 heteroatoms. The minimum absolute atomic E-state index is 0.112. The van der Waals surface area contributed by atoms with Gasteiger partial charge in [0.15, 0.2) is 0 Å². The van der Waals surface area contributed by atoms with E-state index in [4.69, 9.17) is 4.74 Å². The second-order valence-electron chi connectivity index (χ2n) is 4.62. The van der Waals surface area contributed by atoms with Gasteiger partial charge in [-0.15, -0.1) is 0 Å². The van der Waals surface area contributed by atoms with Crippen molar-refractivity contribution in [3.63, 3.8) is 0 Å². The molecule has 0 radical (unpaired) electrons. The number of nitrogens with zero attached hydrogens (tertiary/aromatic N) is 2. The van der Waals surface area contributed by atoms with E-state index in [0.29, 0.717) is 11.4 Å². The van der Waals surface area contributed by atoms with Gasteiger partial charge in [-0.25, -0.2) is 8.42 Å². The molecule has 1 aromatic heterocycles. The summed E-state index contributed by atoms with van der Waals surface area (Å²) in [6, 6.07) is 3.67. The summed E-state index contributed by atoms with van der Waals surface area (Å²) in [6.07, 6.45) is 2.74. The Hall–Kier alpha value is -2.02. The second-order valence-corrected chi connectivity index (χ2v) is 6.30. The zero-order valence-corrected chi connectivity index (χ0v) is 12.7. The van der Waals surface area contributed by atoms with Crippen molar-refractivity contribution in [2.24, 2.45) is 7.05 Å². The fraction of sp³-hybridized carbons (Fsp3) is 0.308. The molecule has 0 saturated heterocycles. The van der Waals surface area contributed by atoms with Crippen molar-refractivity contribution in [1.82, 2.24) is 9.78 Å². The summed E-state index contributed by atoms with van der Waals surface area (Å²) in [6.45, 7) is 3.77. The molecular weight excluding hydrogens is 278 g/mol. The Morgan fingerprint density at radius 1 is 1.30 bits per heavy atom. The molecule has 2 rings (SSSR count). The number of ether oxygens (including phenoxy) is 1. The highest BCUT2D eigenvalue weighted by molar-refractivity contribution is 7.92. The molecule has 0 atom stereocenters. The second kappa shape index (κ2) is 5.16. The zero-order valence-electron chi connectivity index (χ0n) is 11.8. The molecule has 0 aliphatic heterocycles. The number of benzene rings is 1. The maximum absolute atomic E-state index is 12.3. The van der Waals surface area contributed by atoms with Crippen molar-refractivity contribution in [3.8, 4) is 5.75 Å². The Balaban J connectivity index is 2.44. The smallest absolute Gasteiger partial charge is 0.265 e. The van der Waals surface area contributed by atoms with Crippen LogP contribution in [0.15, 0.2) is 29.4 Å². The number of hydrogen-bond acceptors (Lipinski definition) is 4. The van der Waals surface area contributed by atoms with Gasteiger partial charge in [-0.3, -0.25) is 9.40 Å². The Bertz CT molecular complexity index is 735. The predicted octanol–water partition coefficient (Wildman–Crippen LogP) is 1.85. The van der Waals surface area contributed by atoms with E-state index in [1.54, 1.807) is 13.1 Å². The summed E-state index contributed by atoms with van der Waals surface area (Å²) in [4.78, 5) is 0.112. The number of anilines is 1. The average Bonchev–Trinajstić information content (AvgIpc) is 2.75. The Labute approximate surface area is 118 Å². The lowest BCUT2D eigenvalue weighted by Crippen LogP contribution is -2.13. The van der Waals surface area contributed by atoms with Crippen molar-refractivity contribution in [3.05, 3.63) is 35.7 Å². The summed E-state index contributed by atoms with van der Waals surface area (Å²) in [7, 11) is -0.495. The minimum Gasteiger partial charge on any atom is -0.494 e. The molecule has 0 aliphatic rings. The van der Waals surface area contributed by atoms with Gasteiger partial charge in [0.25, 0.3) is 10.0 Å². The molecule has 6 nitrogen and oxygen atoms in total. The van der Waals surface area contributed by atoms with E-state index in [9.17, 15) is 8.42 Å². The first-order valence-electron chi connectivity index (χ1n) is 6.00. The first kappa shape index (κ1) is 14.4. The van der Waals surface area contributed by atoms with Crippen LogP contribution in [0.4, 0.5) is 5.69 Å². The quantitative estimate of drug-likeness (QED) is 0.934. The van der Waals surface area contributed by atoms with Gasteiger partial charge in [-0.1, -0.05) is 6.07 Å². The van der Waals surface area contributed by atoms with E-state index in [2.05, 4.69) is 9.82 Å². The van der Waals surface area contributed by atoms with Crippen LogP contribution in [0.3, 0.4) is 0 Å². The lowest BCUT2D eigenvalue weighted by Gasteiger charge is -2.14. The Morgan fingerprint density at radius 2 is 2.00 bits per heavy atom. The molecule has 0 unspecified atom stereocenters. The summed E-state index contributed by atoms with van der Waals surface area (Å²) in [5.41, 5.74) is 2.25. The van der Waals surface area contributed by atoms with Crippen LogP contribution in [0.2, 0.25) is 0 Å². The highest BCUT2D eigenvalue weighted by Crippen LogP contribution is 2.31. The highest BCUT2D eigenvalue weighted by atomic mass is 32.2. The van der Waals surface area contributed by atoms with Crippen molar-refractivity contribution in [2.75, 3.05) is 11.8 Å². The van der Waals surface area contributed by atoms with Crippen LogP contribution in [-0.4, -0.2) is 25.3 Å². The number of nitrogens with one attached hydrogen (secondary N) is 1. The standard InChI is InChI=1S/C13H17N3O3S/c1-9-5-10(2)13(19-4)12(6-9)15-20(17,18)11-7-14-16(3)8-11/h5-8,15H,1-4H3. The molecule has 0 amide bonds. The van der Waals surface area contributed by atoms with Crippen LogP contribution in [0.5, 0.6) is 5.75 Å². The molecule has 0 aliphatic carbocycles. The number of rotatable bonds is 4. The fourth-order valence-electron chi connectivity index (χ4n) is 2.04. The molecule has 1 aromatic carbocycles. The predicted molar refractivity (Wildman–Crippen MR) is 76.5 cm³/mol. The van der Waals surface area contributed by atoms with Gasteiger partial charge < -0.3 is 4.74 Å². The molecule has 0 fully saturated rings. The van der Waals surface area contributed by atoms with Crippen LogP contribution in [0.1, 0.15) is 11.1 Å². The van der Waals surface area contributed by atoms with Crippen molar-refractivity contribution in [2.45, 2.75) is 18.7 Å². The van der Waals surface area contributed by atoms with Gasteiger partial charge in [-0.2, -0.15) is 5.10 Å². The van der Waals surface area contributed by atoms with Crippen LogP contribution in [-0.2, 0) is 17.1 Å². The lowest BCUT2D eigenvalue weighted by molar-refractivity contribution is 0.413. The van der Waals surface area contributed by atoms with Crippen molar-refractivity contribution in [1.29, 1.82) is 0 Å². The summed E-state index contributed by atoms with van der Waals surface area (Å²) < 4.78 is 33.8. The van der Waals surface area contributed by atoms with E-state index in [1.165, 1.54) is 24.2 Å². The molecule has 108 valence electrons. The van der Waals surface area contributed by atoms with Crippen molar-refractivity contribution >= 4 is 15.7 Å². The number of aryl methyl sites for hydroxylation is 3. The molecule has 1 N–H and O–H groups in total. The number of methoxy groups -OCH3 is 1. The highest BCUT2D eigenvalue weighted by Gasteiger charge is 2.19. The van der Waals surface area contributed by atoms with Gasteiger partial charge in [0.2, 0.25) is 0 Å². The normalized spacial score (nSPS) is 11.4. The van der Waals surface area contributed by atoms with E-state index in [0.717, 1.165) is 11.1 Å². The number of hydrogen-bond donors (Lipinski definition) is 1.